The van der Waals surface area contributed by atoms with Gasteiger partial charge in [0.2, 0.25) is 0 Å². The second-order valence-electron chi connectivity index (χ2n) is 6.37. The molecule has 0 spiro atoms. The number of fused-ring (bicyclic) bond motifs is 1. The van der Waals surface area contributed by atoms with Gasteiger partial charge >= 0.3 is 6.03 Å². The highest BCUT2D eigenvalue weighted by molar-refractivity contribution is 5.78. The lowest BCUT2D eigenvalue weighted by molar-refractivity contribution is 0.0359. The number of hydrogen-bond acceptors (Lipinski definition) is 4. The standard InChI is InChI=1S/C18H22N4O3/c1-11-5-4-6-13-16(11)22-15(21-13)9-19-17(23)20-10-18(3,24)14-8-7-12(2)25-14/h4-8,24H,9-10H2,1-3H3,(H,21,22)(H2,19,20,23). The van der Waals surface area contributed by atoms with Crippen LogP contribution in [0.3, 0.4) is 0 Å². The number of aromatic nitrogens is 2. The lowest BCUT2D eigenvalue weighted by Gasteiger charge is -2.21. The van der Waals surface area contributed by atoms with Crippen LogP contribution in [-0.2, 0) is 12.1 Å². The fourth-order valence-corrected chi connectivity index (χ4v) is 2.60. The number of aryl methyl sites for hydroxylation is 2. The molecule has 1 unspecified atom stereocenters. The van der Waals surface area contributed by atoms with Crippen LogP contribution in [0, 0.1) is 13.8 Å². The second-order valence-corrected chi connectivity index (χ2v) is 6.37. The lowest BCUT2D eigenvalue weighted by Crippen LogP contribution is -2.43. The smallest absolute Gasteiger partial charge is 0.315 e. The third-order valence-corrected chi connectivity index (χ3v) is 4.04. The third kappa shape index (κ3) is 3.83. The highest BCUT2D eigenvalue weighted by atomic mass is 16.4. The number of nitrogens with zero attached hydrogens (tertiary/aromatic N) is 1. The quantitative estimate of drug-likeness (QED) is 0.572. The summed E-state index contributed by atoms with van der Waals surface area (Å²) in [5.74, 6) is 1.80. The molecule has 0 fully saturated rings. The number of benzene rings is 1. The minimum Gasteiger partial charge on any atom is -0.463 e. The van der Waals surface area contributed by atoms with Gasteiger partial charge in [0.05, 0.1) is 24.1 Å². The Morgan fingerprint density at radius 1 is 1.28 bits per heavy atom. The largest absolute Gasteiger partial charge is 0.463 e. The van der Waals surface area contributed by atoms with Crippen LogP contribution < -0.4 is 10.6 Å². The molecule has 2 aromatic heterocycles. The Kier molecular flexibility index (Phi) is 4.50. The topological polar surface area (TPSA) is 103 Å². The summed E-state index contributed by atoms with van der Waals surface area (Å²) in [6.45, 7) is 5.68. The van der Waals surface area contributed by atoms with E-state index in [-0.39, 0.29) is 19.1 Å². The number of amides is 2. The maximum atomic E-state index is 12.0. The number of imidazole rings is 1. The maximum absolute atomic E-state index is 12.0. The molecule has 25 heavy (non-hydrogen) atoms. The van der Waals surface area contributed by atoms with Crippen LogP contribution >= 0.6 is 0 Å². The fraction of sp³-hybridized carbons (Fsp3) is 0.333. The zero-order chi connectivity index (χ0) is 18.0. The number of aliphatic hydroxyl groups is 1. The average molecular weight is 342 g/mol. The zero-order valence-electron chi connectivity index (χ0n) is 14.5. The molecule has 0 aliphatic rings. The Balaban J connectivity index is 1.54. The summed E-state index contributed by atoms with van der Waals surface area (Å²) in [5, 5.41) is 15.8. The summed E-state index contributed by atoms with van der Waals surface area (Å²) in [6, 6.07) is 8.98. The molecule has 0 aliphatic heterocycles. The van der Waals surface area contributed by atoms with Gasteiger partial charge in [-0.2, -0.15) is 0 Å². The molecular weight excluding hydrogens is 320 g/mol. The Morgan fingerprint density at radius 3 is 2.76 bits per heavy atom. The first kappa shape index (κ1) is 17.0. The first-order valence-electron chi connectivity index (χ1n) is 8.10. The molecule has 0 saturated heterocycles. The van der Waals surface area contributed by atoms with Gasteiger partial charge < -0.3 is 25.1 Å². The number of carbonyl (C=O) groups excluding carboxylic acids is 1. The molecule has 0 aliphatic carbocycles. The molecule has 2 amide bonds. The fourth-order valence-electron chi connectivity index (χ4n) is 2.60. The number of hydrogen-bond donors (Lipinski definition) is 4. The van der Waals surface area contributed by atoms with Crippen molar-refractivity contribution >= 4 is 17.1 Å². The molecule has 7 nitrogen and oxygen atoms in total. The number of rotatable bonds is 5. The van der Waals surface area contributed by atoms with Gasteiger partial charge in [0.25, 0.3) is 0 Å². The highest BCUT2D eigenvalue weighted by Gasteiger charge is 2.27. The molecule has 0 saturated carbocycles. The van der Waals surface area contributed by atoms with Crippen LogP contribution in [-0.4, -0.2) is 27.7 Å². The van der Waals surface area contributed by atoms with Crippen molar-refractivity contribution < 1.29 is 14.3 Å². The summed E-state index contributed by atoms with van der Waals surface area (Å²) in [5.41, 5.74) is 1.64. The number of nitrogens with one attached hydrogen (secondary N) is 3. The van der Waals surface area contributed by atoms with Crippen molar-refractivity contribution in [2.24, 2.45) is 0 Å². The molecule has 132 valence electrons. The van der Waals surface area contributed by atoms with E-state index in [1.54, 1.807) is 26.0 Å². The number of H-pyrrole nitrogens is 1. The molecule has 4 N–H and O–H groups in total. The van der Waals surface area contributed by atoms with E-state index < -0.39 is 5.60 Å². The molecule has 1 aromatic carbocycles. The molecule has 3 rings (SSSR count). The van der Waals surface area contributed by atoms with Gasteiger partial charge in [0.15, 0.2) is 0 Å². The maximum Gasteiger partial charge on any atom is 0.315 e. The Morgan fingerprint density at radius 2 is 2.08 bits per heavy atom. The monoisotopic (exact) mass is 342 g/mol. The van der Waals surface area contributed by atoms with E-state index in [1.165, 1.54) is 0 Å². The molecule has 0 radical (unpaired) electrons. The number of urea groups is 1. The average Bonchev–Trinajstić information content (AvgIpc) is 3.18. The van der Waals surface area contributed by atoms with Gasteiger partial charge in [0, 0.05) is 0 Å². The van der Waals surface area contributed by atoms with Crippen molar-refractivity contribution in [3.05, 3.63) is 53.2 Å². The normalized spacial score (nSPS) is 13.6. The van der Waals surface area contributed by atoms with Crippen LogP contribution in [0.5, 0.6) is 0 Å². The van der Waals surface area contributed by atoms with Crippen LogP contribution in [0.1, 0.15) is 29.8 Å². The van der Waals surface area contributed by atoms with E-state index >= 15 is 0 Å². The van der Waals surface area contributed by atoms with Crippen molar-refractivity contribution in [2.75, 3.05) is 6.54 Å². The number of furan rings is 1. The number of para-hydroxylation sites is 1. The van der Waals surface area contributed by atoms with Gasteiger partial charge in [-0.3, -0.25) is 0 Å². The van der Waals surface area contributed by atoms with Crippen molar-refractivity contribution in [1.29, 1.82) is 0 Å². The Labute approximate surface area is 145 Å². The van der Waals surface area contributed by atoms with E-state index in [4.69, 9.17) is 4.42 Å². The minimum atomic E-state index is -1.28. The SMILES string of the molecule is Cc1ccc(C(C)(O)CNC(=O)NCc2nc3c(C)cccc3[nH]2)o1. The van der Waals surface area contributed by atoms with E-state index in [0.717, 1.165) is 16.6 Å². The molecule has 0 bridgehead atoms. The van der Waals surface area contributed by atoms with Gasteiger partial charge in [-0.1, -0.05) is 12.1 Å². The first-order chi connectivity index (χ1) is 11.8. The Bertz CT molecular complexity index is 895. The molecule has 2 heterocycles. The van der Waals surface area contributed by atoms with E-state index in [0.29, 0.717) is 17.3 Å². The zero-order valence-corrected chi connectivity index (χ0v) is 14.5. The molecule has 7 heteroatoms. The van der Waals surface area contributed by atoms with Crippen molar-refractivity contribution in [3.8, 4) is 0 Å². The summed E-state index contributed by atoms with van der Waals surface area (Å²) in [6.07, 6.45) is 0. The lowest BCUT2D eigenvalue weighted by atomic mass is 10.0. The van der Waals surface area contributed by atoms with Crippen LogP contribution in [0.4, 0.5) is 4.79 Å². The Hall–Kier alpha value is -2.80. The van der Waals surface area contributed by atoms with Gasteiger partial charge in [-0.25, -0.2) is 9.78 Å². The van der Waals surface area contributed by atoms with Gasteiger partial charge in [0.1, 0.15) is 22.9 Å². The van der Waals surface area contributed by atoms with Crippen molar-refractivity contribution in [3.63, 3.8) is 0 Å². The predicted octanol–water partition coefficient (Wildman–Crippen LogP) is 2.48. The van der Waals surface area contributed by atoms with Crippen LogP contribution in [0.15, 0.2) is 34.7 Å². The van der Waals surface area contributed by atoms with Crippen molar-refractivity contribution in [2.45, 2.75) is 32.9 Å². The van der Waals surface area contributed by atoms with Crippen LogP contribution in [0.25, 0.3) is 11.0 Å². The van der Waals surface area contributed by atoms with E-state index in [9.17, 15) is 9.90 Å². The van der Waals surface area contributed by atoms with Crippen LogP contribution in [0.2, 0.25) is 0 Å². The summed E-state index contributed by atoms with van der Waals surface area (Å²) in [4.78, 5) is 19.6. The summed E-state index contributed by atoms with van der Waals surface area (Å²) < 4.78 is 5.42. The minimum absolute atomic E-state index is 0.0328. The predicted molar refractivity (Wildman–Crippen MR) is 94.1 cm³/mol. The second kappa shape index (κ2) is 6.60. The molecular formula is C18H22N4O3. The van der Waals surface area contributed by atoms with Gasteiger partial charge in [-0.15, -0.1) is 0 Å². The molecule has 3 aromatic rings. The summed E-state index contributed by atoms with van der Waals surface area (Å²) in [7, 11) is 0. The first-order valence-corrected chi connectivity index (χ1v) is 8.10. The van der Waals surface area contributed by atoms with E-state index in [1.807, 2.05) is 25.1 Å². The number of aromatic amines is 1. The third-order valence-electron chi connectivity index (χ3n) is 4.04. The van der Waals surface area contributed by atoms with E-state index in [2.05, 4.69) is 20.6 Å². The number of carbonyl (C=O) groups is 1. The highest BCUT2D eigenvalue weighted by Crippen LogP contribution is 2.21. The van der Waals surface area contributed by atoms with Gasteiger partial charge in [-0.05, 0) is 44.5 Å². The summed E-state index contributed by atoms with van der Waals surface area (Å²) >= 11 is 0. The molecule has 1 atom stereocenters. The van der Waals surface area contributed by atoms with Crippen molar-refractivity contribution in [1.82, 2.24) is 20.6 Å².